The molecule has 0 atom stereocenters. The van der Waals surface area contributed by atoms with Crippen molar-refractivity contribution in [2.45, 2.75) is 64.0 Å². The largest absolute Gasteiger partial charge is 0.328 e. The maximum absolute atomic E-state index is 6.14. The Hall–Kier alpha value is -3.39. The Morgan fingerprint density at radius 1 is 1.00 bits per heavy atom. The lowest BCUT2D eigenvalue weighted by atomic mass is 9.86. The van der Waals surface area contributed by atoms with E-state index in [0.29, 0.717) is 17.8 Å². The Bertz CT molecular complexity index is 1170. The molecule has 0 unspecified atom stereocenters. The van der Waals surface area contributed by atoms with Crippen molar-refractivity contribution in [1.29, 1.82) is 0 Å². The monoisotopic (exact) mass is 442 g/mol. The van der Waals surface area contributed by atoms with Gasteiger partial charge in [-0.05, 0) is 54.0 Å². The zero-order valence-corrected chi connectivity index (χ0v) is 19.0. The third-order valence-electron chi connectivity index (χ3n) is 6.47. The van der Waals surface area contributed by atoms with Crippen LogP contribution in [-0.4, -0.2) is 41.4 Å². The topological polar surface area (TPSA) is 111 Å². The fourth-order valence-corrected chi connectivity index (χ4v) is 4.70. The molecule has 2 heterocycles. The number of nitrogens with one attached hydrogen (secondary N) is 1. The number of tetrazole rings is 1. The Morgan fingerprint density at radius 3 is 2.45 bits per heavy atom. The number of aromatic amines is 1. The highest BCUT2D eigenvalue weighted by Gasteiger charge is 2.25. The molecule has 170 valence electrons. The Morgan fingerprint density at radius 2 is 1.76 bits per heavy atom. The summed E-state index contributed by atoms with van der Waals surface area (Å²) in [6.07, 6.45) is 6.28. The van der Waals surface area contributed by atoms with Gasteiger partial charge in [-0.25, -0.2) is 9.67 Å². The predicted octanol–water partition coefficient (Wildman–Crippen LogP) is 4.11. The molecule has 1 aliphatic rings. The molecule has 1 saturated carbocycles. The minimum Gasteiger partial charge on any atom is -0.328 e. The van der Waals surface area contributed by atoms with E-state index in [2.05, 4.69) is 62.6 Å². The van der Waals surface area contributed by atoms with Crippen LogP contribution in [0.15, 0.2) is 48.5 Å². The molecule has 1 aliphatic carbocycles. The standard InChI is InChI=1S/C25H30N8/c1-2-5-23-27-25(19-12-14-20(26)15-13-19)33(30-23)16-17-8-10-18(11-9-17)21-6-3-4-7-22(21)24-28-31-32-29-24/h3-4,6-11,19-20H,2,5,12-16,26H2,1H3,(H,28,29,31,32). The summed E-state index contributed by atoms with van der Waals surface area (Å²) < 4.78 is 2.12. The van der Waals surface area contributed by atoms with Gasteiger partial charge in [-0.15, -0.1) is 10.2 Å². The van der Waals surface area contributed by atoms with Gasteiger partial charge in [0.15, 0.2) is 5.82 Å². The molecule has 0 radical (unpaired) electrons. The van der Waals surface area contributed by atoms with E-state index in [1.807, 2.05) is 18.2 Å². The first-order chi connectivity index (χ1) is 16.2. The summed E-state index contributed by atoms with van der Waals surface area (Å²) in [5, 5.41) is 19.4. The number of nitrogens with zero attached hydrogens (tertiary/aromatic N) is 6. The van der Waals surface area contributed by atoms with Gasteiger partial charge < -0.3 is 5.73 Å². The summed E-state index contributed by atoms with van der Waals surface area (Å²) in [4.78, 5) is 4.94. The zero-order chi connectivity index (χ0) is 22.6. The molecule has 0 saturated heterocycles. The third kappa shape index (κ3) is 4.71. The molecule has 4 aromatic rings. The first-order valence-corrected chi connectivity index (χ1v) is 11.8. The molecule has 2 aromatic heterocycles. The second kappa shape index (κ2) is 9.62. The van der Waals surface area contributed by atoms with E-state index in [1.165, 1.54) is 5.56 Å². The Kier molecular flexibility index (Phi) is 6.26. The van der Waals surface area contributed by atoms with Crippen LogP contribution in [-0.2, 0) is 13.0 Å². The predicted molar refractivity (Wildman–Crippen MR) is 127 cm³/mol. The summed E-state index contributed by atoms with van der Waals surface area (Å²) in [7, 11) is 0. The lowest BCUT2D eigenvalue weighted by Crippen LogP contribution is -2.27. The average molecular weight is 443 g/mol. The number of aryl methyl sites for hydroxylation is 1. The van der Waals surface area contributed by atoms with E-state index in [-0.39, 0.29) is 0 Å². The molecule has 0 aliphatic heterocycles. The number of rotatable bonds is 7. The third-order valence-corrected chi connectivity index (χ3v) is 6.47. The van der Waals surface area contributed by atoms with E-state index in [4.69, 9.17) is 15.8 Å². The van der Waals surface area contributed by atoms with Gasteiger partial charge in [-0.1, -0.05) is 55.5 Å². The fraction of sp³-hybridized carbons (Fsp3) is 0.400. The van der Waals surface area contributed by atoms with Crippen molar-refractivity contribution in [3.05, 3.63) is 65.7 Å². The molecule has 0 bridgehead atoms. The van der Waals surface area contributed by atoms with Crippen LogP contribution >= 0.6 is 0 Å². The van der Waals surface area contributed by atoms with Crippen LogP contribution in [0.3, 0.4) is 0 Å². The van der Waals surface area contributed by atoms with E-state index in [1.54, 1.807) is 0 Å². The van der Waals surface area contributed by atoms with Crippen molar-refractivity contribution < 1.29 is 0 Å². The van der Waals surface area contributed by atoms with Gasteiger partial charge >= 0.3 is 0 Å². The molecule has 2 aromatic carbocycles. The maximum Gasteiger partial charge on any atom is 0.205 e. The van der Waals surface area contributed by atoms with Crippen LogP contribution < -0.4 is 5.73 Å². The van der Waals surface area contributed by atoms with E-state index < -0.39 is 0 Å². The maximum atomic E-state index is 6.14. The van der Waals surface area contributed by atoms with Gasteiger partial charge in [0.2, 0.25) is 5.82 Å². The summed E-state index contributed by atoms with van der Waals surface area (Å²) in [6.45, 7) is 2.90. The average Bonchev–Trinajstić information content (AvgIpc) is 3.51. The highest BCUT2D eigenvalue weighted by atomic mass is 15.5. The van der Waals surface area contributed by atoms with Crippen LogP contribution in [0.4, 0.5) is 0 Å². The lowest BCUT2D eigenvalue weighted by Gasteiger charge is -2.25. The van der Waals surface area contributed by atoms with Gasteiger partial charge in [-0.3, -0.25) is 0 Å². The van der Waals surface area contributed by atoms with Crippen LogP contribution in [0.1, 0.15) is 62.2 Å². The van der Waals surface area contributed by atoms with Crippen LogP contribution in [0.2, 0.25) is 0 Å². The molecule has 8 heteroatoms. The molecule has 8 nitrogen and oxygen atoms in total. The molecule has 3 N–H and O–H groups in total. The molecular formula is C25H30N8. The van der Waals surface area contributed by atoms with Crippen LogP contribution in [0.25, 0.3) is 22.5 Å². The lowest BCUT2D eigenvalue weighted by molar-refractivity contribution is 0.374. The first kappa shape index (κ1) is 21.5. The van der Waals surface area contributed by atoms with Crippen LogP contribution in [0, 0.1) is 0 Å². The highest BCUT2D eigenvalue weighted by Crippen LogP contribution is 2.32. The number of benzene rings is 2. The van der Waals surface area contributed by atoms with Crippen molar-refractivity contribution in [3.63, 3.8) is 0 Å². The smallest absolute Gasteiger partial charge is 0.205 e. The van der Waals surface area contributed by atoms with Crippen LogP contribution in [0.5, 0.6) is 0 Å². The molecule has 5 rings (SSSR count). The van der Waals surface area contributed by atoms with Crippen molar-refractivity contribution in [2.75, 3.05) is 0 Å². The molecule has 33 heavy (non-hydrogen) atoms. The number of hydrogen-bond donors (Lipinski definition) is 2. The van der Waals surface area contributed by atoms with E-state index in [9.17, 15) is 0 Å². The minimum absolute atomic E-state index is 0.329. The van der Waals surface area contributed by atoms with E-state index in [0.717, 1.165) is 73.4 Å². The summed E-state index contributed by atoms with van der Waals surface area (Å²) in [5.41, 5.74) is 10.5. The van der Waals surface area contributed by atoms with Gasteiger partial charge in [0.05, 0.1) is 6.54 Å². The summed E-state index contributed by atoms with van der Waals surface area (Å²) in [6, 6.07) is 17.1. The van der Waals surface area contributed by atoms with Gasteiger partial charge in [0, 0.05) is 23.9 Å². The second-order valence-corrected chi connectivity index (χ2v) is 8.88. The molecular weight excluding hydrogens is 412 g/mol. The number of hydrogen-bond acceptors (Lipinski definition) is 6. The quantitative estimate of drug-likeness (QED) is 0.445. The van der Waals surface area contributed by atoms with Gasteiger partial charge in [0.25, 0.3) is 0 Å². The number of nitrogens with two attached hydrogens (primary N) is 1. The van der Waals surface area contributed by atoms with Crippen molar-refractivity contribution >= 4 is 0 Å². The van der Waals surface area contributed by atoms with E-state index >= 15 is 0 Å². The fourth-order valence-electron chi connectivity index (χ4n) is 4.70. The number of H-pyrrole nitrogens is 1. The minimum atomic E-state index is 0.329. The number of aromatic nitrogens is 7. The second-order valence-electron chi connectivity index (χ2n) is 8.88. The van der Waals surface area contributed by atoms with Gasteiger partial charge in [-0.2, -0.15) is 10.3 Å². The summed E-state index contributed by atoms with van der Waals surface area (Å²) >= 11 is 0. The molecule has 1 fully saturated rings. The molecule has 0 amide bonds. The van der Waals surface area contributed by atoms with Gasteiger partial charge in [0.1, 0.15) is 5.82 Å². The van der Waals surface area contributed by atoms with Crippen molar-refractivity contribution in [3.8, 4) is 22.5 Å². The first-order valence-electron chi connectivity index (χ1n) is 11.8. The summed E-state index contributed by atoms with van der Waals surface area (Å²) in [5.74, 6) is 3.12. The Labute approximate surface area is 193 Å². The highest BCUT2D eigenvalue weighted by molar-refractivity contribution is 5.80. The van der Waals surface area contributed by atoms with Crippen molar-refractivity contribution in [1.82, 2.24) is 35.4 Å². The molecule has 0 spiro atoms. The SMILES string of the molecule is CCCc1nc(C2CCC(N)CC2)n(Cc2ccc(-c3ccccc3-c3nn[nH]n3)cc2)n1. The Balaban J connectivity index is 1.39. The zero-order valence-electron chi connectivity index (χ0n) is 19.0. The normalized spacial score (nSPS) is 18.5. The van der Waals surface area contributed by atoms with Crippen molar-refractivity contribution in [2.24, 2.45) is 5.73 Å².